The molecule has 0 amide bonds. The van der Waals surface area contributed by atoms with E-state index in [2.05, 4.69) is 40.0 Å². The van der Waals surface area contributed by atoms with Crippen LogP contribution in [0.3, 0.4) is 0 Å². The van der Waals surface area contributed by atoms with Gasteiger partial charge >= 0.3 is 0 Å². The van der Waals surface area contributed by atoms with Crippen molar-refractivity contribution in [3.8, 4) is 11.4 Å². The molecule has 0 saturated heterocycles. The van der Waals surface area contributed by atoms with Crippen LogP contribution in [-0.4, -0.2) is 19.7 Å². The molecular weight excluding hydrogens is 336 g/mol. The molecule has 0 aliphatic heterocycles. The summed E-state index contributed by atoms with van der Waals surface area (Å²) in [5.74, 6) is 1.92. The van der Waals surface area contributed by atoms with Crippen LogP contribution in [0.15, 0.2) is 18.2 Å². The predicted octanol–water partition coefficient (Wildman–Crippen LogP) is 3.71. The predicted molar refractivity (Wildman–Crippen MR) is 84.3 cm³/mol. The van der Waals surface area contributed by atoms with Crippen molar-refractivity contribution in [3.05, 3.63) is 39.7 Å². The number of aromatic nitrogens is 3. The average molecular weight is 353 g/mol. The fourth-order valence-electron chi connectivity index (χ4n) is 2.15. The highest BCUT2D eigenvalue weighted by Crippen LogP contribution is 2.27. The van der Waals surface area contributed by atoms with Crippen LogP contribution >= 0.6 is 15.9 Å². The maximum Gasteiger partial charge on any atom is 0.273 e. The summed E-state index contributed by atoms with van der Waals surface area (Å²) in [6, 6.07) is 5.16. The molecule has 0 bridgehead atoms. The van der Waals surface area contributed by atoms with Gasteiger partial charge in [-0.05, 0) is 12.8 Å². The molecule has 0 spiro atoms. The minimum Gasteiger partial charge on any atom is -0.310 e. The van der Waals surface area contributed by atoms with E-state index in [1.807, 2.05) is 10.6 Å². The van der Waals surface area contributed by atoms with Crippen molar-refractivity contribution in [2.45, 2.75) is 32.6 Å². The molecular formula is C14H17BrN4O2. The van der Waals surface area contributed by atoms with E-state index in [0.717, 1.165) is 12.4 Å². The largest absolute Gasteiger partial charge is 0.310 e. The highest BCUT2D eigenvalue weighted by atomic mass is 79.9. The normalized spacial score (nSPS) is 11.1. The van der Waals surface area contributed by atoms with Gasteiger partial charge in [-0.3, -0.25) is 10.1 Å². The van der Waals surface area contributed by atoms with Gasteiger partial charge in [-0.15, -0.1) is 10.2 Å². The van der Waals surface area contributed by atoms with Crippen LogP contribution in [0.1, 0.15) is 25.2 Å². The standard InChI is InChI=1S/C14H17BrN4O2/c1-9(2)8-18-13(7-15)16-17-14(18)11-5-4-10(3)12(6-11)19(20)21/h4-6,9H,7-8H2,1-3H3. The molecule has 0 unspecified atom stereocenters. The SMILES string of the molecule is Cc1ccc(-c2nnc(CBr)n2CC(C)C)cc1[N+](=O)[O-]. The van der Waals surface area contributed by atoms with Crippen molar-refractivity contribution in [3.63, 3.8) is 0 Å². The van der Waals surface area contributed by atoms with Crippen LogP contribution < -0.4 is 0 Å². The highest BCUT2D eigenvalue weighted by molar-refractivity contribution is 9.08. The van der Waals surface area contributed by atoms with E-state index in [-0.39, 0.29) is 10.6 Å². The molecule has 2 rings (SSSR count). The number of nitro benzene ring substituents is 1. The number of nitro groups is 1. The van der Waals surface area contributed by atoms with Gasteiger partial charge in [-0.2, -0.15) is 0 Å². The number of hydrogen-bond acceptors (Lipinski definition) is 4. The zero-order chi connectivity index (χ0) is 15.6. The molecule has 0 atom stereocenters. The molecule has 0 radical (unpaired) electrons. The van der Waals surface area contributed by atoms with Crippen molar-refractivity contribution in [2.75, 3.05) is 0 Å². The second-order valence-corrected chi connectivity index (χ2v) is 5.90. The molecule has 0 saturated carbocycles. The van der Waals surface area contributed by atoms with Crippen molar-refractivity contribution in [2.24, 2.45) is 5.92 Å². The number of alkyl halides is 1. The molecule has 0 N–H and O–H groups in total. The van der Waals surface area contributed by atoms with E-state index in [9.17, 15) is 10.1 Å². The Bertz CT molecular complexity index is 667. The third kappa shape index (κ3) is 3.29. The Balaban J connectivity index is 2.54. The van der Waals surface area contributed by atoms with E-state index in [4.69, 9.17) is 0 Å². The van der Waals surface area contributed by atoms with Gasteiger partial charge in [-0.25, -0.2) is 0 Å². The Morgan fingerprint density at radius 1 is 1.38 bits per heavy atom. The first-order chi connectivity index (χ1) is 9.93. The van der Waals surface area contributed by atoms with Crippen molar-refractivity contribution < 1.29 is 4.92 Å². The maximum absolute atomic E-state index is 11.1. The van der Waals surface area contributed by atoms with Crippen LogP contribution in [0.5, 0.6) is 0 Å². The zero-order valence-electron chi connectivity index (χ0n) is 12.2. The van der Waals surface area contributed by atoms with Crippen LogP contribution in [0.25, 0.3) is 11.4 Å². The van der Waals surface area contributed by atoms with Crippen LogP contribution in [0.2, 0.25) is 0 Å². The third-order valence-corrected chi connectivity index (χ3v) is 3.66. The quantitative estimate of drug-likeness (QED) is 0.467. The molecule has 2 aromatic rings. The number of aryl methyl sites for hydroxylation is 1. The second-order valence-electron chi connectivity index (χ2n) is 5.34. The minimum absolute atomic E-state index is 0.104. The summed E-state index contributed by atoms with van der Waals surface area (Å²) in [6.07, 6.45) is 0. The summed E-state index contributed by atoms with van der Waals surface area (Å²) < 4.78 is 2.01. The van der Waals surface area contributed by atoms with Gasteiger partial charge in [0.05, 0.1) is 10.3 Å². The van der Waals surface area contributed by atoms with Gasteiger partial charge in [0, 0.05) is 23.7 Å². The topological polar surface area (TPSA) is 73.8 Å². The molecule has 0 aliphatic rings. The Labute approximate surface area is 131 Å². The highest BCUT2D eigenvalue weighted by Gasteiger charge is 2.18. The molecule has 0 aliphatic carbocycles. The first-order valence-electron chi connectivity index (χ1n) is 6.67. The molecule has 112 valence electrons. The lowest BCUT2D eigenvalue weighted by molar-refractivity contribution is -0.385. The van der Waals surface area contributed by atoms with Crippen molar-refractivity contribution >= 4 is 21.6 Å². The van der Waals surface area contributed by atoms with Gasteiger partial charge in [0.1, 0.15) is 5.82 Å². The molecule has 1 heterocycles. The fraction of sp³-hybridized carbons (Fsp3) is 0.429. The maximum atomic E-state index is 11.1. The number of benzene rings is 1. The molecule has 1 aromatic carbocycles. The Morgan fingerprint density at radius 2 is 2.10 bits per heavy atom. The van der Waals surface area contributed by atoms with Crippen LogP contribution in [0.4, 0.5) is 5.69 Å². The summed E-state index contributed by atoms with van der Waals surface area (Å²) in [4.78, 5) is 10.7. The summed E-state index contributed by atoms with van der Waals surface area (Å²) in [5, 5.41) is 20.0. The number of hydrogen-bond donors (Lipinski definition) is 0. The van der Waals surface area contributed by atoms with Crippen molar-refractivity contribution in [1.29, 1.82) is 0 Å². The summed E-state index contributed by atoms with van der Waals surface area (Å²) >= 11 is 3.40. The Kier molecular flexibility index (Phi) is 4.72. The summed E-state index contributed by atoms with van der Waals surface area (Å²) in [5.41, 5.74) is 1.46. The molecule has 0 fully saturated rings. The van der Waals surface area contributed by atoms with Gasteiger partial charge in [0.15, 0.2) is 5.82 Å². The smallest absolute Gasteiger partial charge is 0.273 e. The van der Waals surface area contributed by atoms with E-state index < -0.39 is 0 Å². The number of nitrogens with zero attached hydrogens (tertiary/aromatic N) is 4. The summed E-state index contributed by atoms with van der Waals surface area (Å²) in [7, 11) is 0. The zero-order valence-corrected chi connectivity index (χ0v) is 13.8. The van der Waals surface area contributed by atoms with Gasteiger partial charge in [-0.1, -0.05) is 41.9 Å². The lowest BCUT2D eigenvalue weighted by Gasteiger charge is -2.12. The average Bonchev–Trinajstić information content (AvgIpc) is 2.81. The number of rotatable bonds is 5. The molecule has 1 aromatic heterocycles. The summed E-state index contributed by atoms with van der Waals surface area (Å²) in [6.45, 7) is 6.72. The second kappa shape index (κ2) is 6.34. The van der Waals surface area contributed by atoms with E-state index >= 15 is 0 Å². The van der Waals surface area contributed by atoms with Crippen molar-refractivity contribution in [1.82, 2.24) is 14.8 Å². The lowest BCUT2D eigenvalue weighted by atomic mass is 10.1. The van der Waals surface area contributed by atoms with Crippen LogP contribution in [-0.2, 0) is 11.9 Å². The minimum atomic E-state index is -0.368. The first kappa shape index (κ1) is 15.6. The van der Waals surface area contributed by atoms with E-state index in [1.165, 1.54) is 0 Å². The van der Waals surface area contributed by atoms with E-state index in [0.29, 0.717) is 28.2 Å². The number of halogens is 1. The van der Waals surface area contributed by atoms with Gasteiger partial charge < -0.3 is 4.57 Å². The Morgan fingerprint density at radius 3 is 2.67 bits per heavy atom. The van der Waals surface area contributed by atoms with E-state index in [1.54, 1.807) is 19.1 Å². The van der Waals surface area contributed by atoms with Gasteiger partial charge in [0.2, 0.25) is 0 Å². The monoisotopic (exact) mass is 352 g/mol. The fourth-order valence-corrected chi connectivity index (χ4v) is 2.56. The first-order valence-corrected chi connectivity index (χ1v) is 7.79. The van der Waals surface area contributed by atoms with Gasteiger partial charge in [0.25, 0.3) is 5.69 Å². The molecule has 6 nitrogen and oxygen atoms in total. The lowest BCUT2D eigenvalue weighted by Crippen LogP contribution is -2.09. The molecule has 21 heavy (non-hydrogen) atoms. The molecule has 7 heteroatoms. The van der Waals surface area contributed by atoms with Crippen LogP contribution in [0, 0.1) is 23.0 Å². The third-order valence-electron chi connectivity index (χ3n) is 3.16. The Hall–Kier alpha value is -1.76.